The number of amides is 1. The number of nitrogens with zero attached hydrogens (tertiary/aromatic N) is 7. The molecule has 0 radical (unpaired) electrons. The minimum absolute atomic E-state index is 0.124. The van der Waals surface area contributed by atoms with Crippen LogP contribution >= 0.6 is 11.8 Å². The first-order valence-corrected chi connectivity index (χ1v) is 10.5. The van der Waals surface area contributed by atoms with Crippen molar-refractivity contribution in [1.82, 2.24) is 0 Å². The summed E-state index contributed by atoms with van der Waals surface area (Å²) in [5, 5.41) is 52.7. The number of anilines is 2. The molecule has 0 spiro atoms. The van der Waals surface area contributed by atoms with E-state index in [0.29, 0.717) is 31.3 Å². The molecule has 174 valence electrons. The topological polar surface area (TPSA) is 191 Å². The number of nitro groups is 2. The molecule has 34 heavy (non-hydrogen) atoms. The Bertz CT molecular complexity index is 1230. The van der Waals surface area contributed by atoms with E-state index in [9.17, 15) is 25.0 Å². The van der Waals surface area contributed by atoms with Gasteiger partial charge in [0.15, 0.2) is 5.69 Å². The maximum Gasteiger partial charge on any atom is 0.303 e. The van der Waals surface area contributed by atoms with Crippen LogP contribution in [0.5, 0.6) is 0 Å². The third kappa shape index (κ3) is 6.47. The van der Waals surface area contributed by atoms with Crippen molar-refractivity contribution in [2.24, 2.45) is 10.2 Å². The van der Waals surface area contributed by atoms with E-state index in [1.165, 1.54) is 6.92 Å². The van der Waals surface area contributed by atoms with Gasteiger partial charge in [0, 0.05) is 25.7 Å². The number of hydrogen-bond acceptors (Lipinski definition) is 11. The van der Waals surface area contributed by atoms with Crippen LogP contribution in [0.15, 0.2) is 45.5 Å². The number of thiocyanates is 1. The lowest BCUT2D eigenvalue weighted by molar-refractivity contribution is -0.395. The highest BCUT2D eigenvalue weighted by Gasteiger charge is 2.25. The van der Waals surface area contributed by atoms with E-state index in [0.717, 1.165) is 17.8 Å². The summed E-state index contributed by atoms with van der Waals surface area (Å²) in [6.07, 6.45) is 0.303. The van der Waals surface area contributed by atoms with Crippen molar-refractivity contribution in [1.29, 1.82) is 10.5 Å². The summed E-state index contributed by atoms with van der Waals surface area (Å²) in [6.45, 7) is 4.29. The summed E-state index contributed by atoms with van der Waals surface area (Å²) in [6, 6.07) is 8.71. The van der Waals surface area contributed by atoms with Crippen LogP contribution in [0.1, 0.15) is 20.3 Å². The van der Waals surface area contributed by atoms with E-state index < -0.39 is 21.2 Å². The highest BCUT2D eigenvalue weighted by atomic mass is 32.2. The summed E-state index contributed by atoms with van der Waals surface area (Å²) < 4.78 is 0. The average molecular weight is 482 g/mol. The van der Waals surface area contributed by atoms with E-state index in [1.54, 1.807) is 23.6 Å². The highest BCUT2D eigenvalue weighted by Crippen LogP contribution is 2.40. The Morgan fingerprint density at radius 2 is 1.79 bits per heavy atom. The summed E-state index contributed by atoms with van der Waals surface area (Å²) in [4.78, 5) is 34.5. The molecule has 0 saturated carbocycles. The second-order valence-electron chi connectivity index (χ2n) is 6.59. The molecule has 0 atom stereocenters. The number of nitriles is 2. The number of carbonyl (C=O) groups excluding carboxylic acids is 1. The van der Waals surface area contributed by atoms with Crippen LogP contribution in [-0.4, -0.2) is 28.8 Å². The standard InChI is InChI=1S/C20H18N8O5S/c1-3-26(8-4-7-21)14-5-6-15(16(9-14)23-13(2)29)24-25-17-10-20(34-12-22)19(28(32)33)11-18(17)27(30)31/h5-6,9-11H,3-4,8H2,1-2H3,(H,23,29). The first kappa shape index (κ1) is 25.7. The zero-order chi connectivity index (χ0) is 25.3. The van der Waals surface area contributed by atoms with Gasteiger partial charge >= 0.3 is 5.69 Å². The van der Waals surface area contributed by atoms with Crippen LogP contribution in [0.4, 0.5) is 34.1 Å². The quantitative estimate of drug-likeness (QED) is 0.156. The van der Waals surface area contributed by atoms with E-state index in [4.69, 9.17) is 10.5 Å². The Kier molecular flexibility index (Phi) is 8.99. The molecule has 0 bridgehead atoms. The molecule has 1 amide bonds. The van der Waals surface area contributed by atoms with Gasteiger partial charge in [-0.05, 0) is 43.0 Å². The molecule has 13 nitrogen and oxygen atoms in total. The lowest BCUT2D eigenvalue weighted by Crippen LogP contribution is -2.23. The second kappa shape index (κ2) is 11.9. The summed E-state index contributed by atoms with van der Waals surface area (Å²) >= 11 is 0.466. The molecular weight excluding hydrogens is 464 g/mol. The summed E-state index contributed by atoms with van der Waals surface area (Å²) in [5.74, 6) is -0.386. The van der Waals surface area contributed by atoms with Crippen LogP contribution in [0.2, 0.25) is 0 Å². The number of rotatable bonds is 10. The number of azo groups is 1. The van der Waals surface area contributed by atoms with Crippen LogP contribution in [0.3, 0.4) is 0 Å². The van der Waals surface area contributed by atoms with Crippen LogP contribution in [-0.2, 0) is 4.79 Å². The van der Waals surface area contributed by atoms with Crippen molar-refractivity contribution >= 4 is 51.8 Å². The second-order valence-corrected chi connectivity index (χ2v) is 7.41. The van der Waals surface area contributed by atoms with Crippen molar-refractivity contribution in [3.8, 4) is 11.5 Å². The summed E-state index contributed by atoms with van der Waals surface area (Å²) in [7, 11) is 0. The van der Waals surface area contributed by atoms with E-state index in [2.05, 4.69) is 21.6 Å². The molecule has 1 N–H and O–H groups in total. The van der Waals surface area contributed by atoms with Gasteiger partial charge in [0.25, 0.3) is 5.69 Å². The van der Waals surface area contributed by atoms with Gasteiger partial charge in [-0.15, -0.1) is 10.2 Å². The summed E-state index contributed by atoms with van der Waals surface area (Å²) in [5.41, 5.74) is -0.385. The van der Waals surface area contributed by atoms with Gasteiger partial charge in [-0.2, -0.15) is 10.5 Å². The molecular formula is C20H18N8O5S. The van der Waals surface area contributed by atoms with Crippen molar-refractivity contribution < 1.29 is 14.6 Å². The zero-order valence-electron chi connectivity index (χ0n) is 18.1. The minimum Gasteiger partial charge on any atom is -0.371 e. The molecule has 2 aromatic rings. The van der Waals surface area contributed by atoms with Gasteiger partial charge < -0.3 is 10.2 Å². The van der Waals surface area contributed by atoms with Crippen molar-refractivity contribution in [2.75, 3.05) is 23.3 Å². The monoisotopic (exact) mass is 482 g/mol. The van der Waals surface area contributed by atoms with Crippen molar-refractivity contribution in [3.05, 3.63) is 50.6 Å². The first-order chi connectivity index (χ1) is 16.2. The SMILES string of the molecule is CCN(CCC#N)c1ccc(N=Nc2cc(SC#N)c([N+](=O)[O-])cc2[N+](=O)[O-])c(NC(C)=O)c1. The number of benzene rings is 2. The predicted molar refractivity (Wildman–Crippen MR) is 124 cm³/mol. The normalized spacial score (nSPS) is 10.4. The Balaban J connectivity index is 2.56. The Hall–Kier alpha value is -4.56. The molecule has 2 aromatic carbocycles. The average Bonchev–Trinajstić information content (AvgIpc) is 2.78. The predicted octanol–water partition coefficient (Wildman–Crippen LogP) is 5.19. The number of nitrogens with one attached hydrogen (secondary N) is 1. The van der Waals surface area contributed by atoms with Crippen molar-refractivity contribution in [3.63, 3.8) is 0 Å². The fourth-order valence-electron chi connectivity index (χ4n) is 2.91. The van der Waals surface area contributed by atoms with Crippen LogP contribution < -0.4 is 10.2 Å². The Morgan fingerprint density at radius 1 is 1.12 bits per heavy atom. The fraction of sp³-hybridized carbons (Fsp3) is 0.250. The number of nitro benzene ring substituents is 2. The number of hydrogen-bond donors (Lipinski definition) is 1. The van der Waals surface area contributed by atoms with E-state index in [-0.39, 0.29) is 27.9 Å². The van der Waals surface area contributed by atoms with Crippen molar-refractivity contribution in [2.45, 2.75) is 25.2 Å². The number of carbonyl (C=O) groups is 1. The lowest BCUT2D eigenvalue weighted by atomic mass is 10.2. The molecule has 0 aliphatic carbocycles. The Morgan fingerprint density at radius 3 is 2.35 bits per heavy atom. The number of thioether (sulfide) groups is 1. The van der Waals surface area contributed by atoms with Gasteiger partial charge in [0.2, 0.25) is 5.91 Å². The fourth-order valence-corrected chi connectivity index (χ4v) is 3.41. The third-order valence-corrected chi connectivity index (χ3v) is 5.04. The molecule has 0 aliphatic rings. The van der Waals surface area contributed by atoms with Gasteiger partial charge in [-0.25, -0.2) is 0 Å². The minimum atomic E-state index is -0.839. The largest absolute Gasteiger partial charge is 0.371 e. The van der Waals surface area contributed by atoms with Gasteiger partial charge in [0.05, 0.1) is 34.1 Å². The van der Waals surface area contributed by atoms with Gasteiger partial charge in [0.1, 0.15) is 16.0 Å². The molecule has 2 rings (SSSR count). The maximum absolute atomic E-state index is 11.7. The lowest BCUT2D eigenvalue weighted by Gasteiger charge is -2.23. The van der Waals surface area contributed by atoms with Crippen LogP contribution in [0.25, 0.3) is 0 Å². The molecule has 0 unspecified atom stereocenters. The zero-order valence-corrected chi connectivity index (χ0v) is 18.9. The molecule has 0 aromatic heterocycles. The van der Waals surface area contributed by atoms with Crippen LogP contribution in [0, 0.1) is 42.2 Å². The molecule has 0 heterocycles. The molecule has 0 fully saturated rings. The highest BCUT2D eigenvalue weighted by molar-refractivity contribution is 8.03. The Labute approximate surface area is 198 Å². The third-order valence-electron chi connectivity index (χ3n) is 4.40. The maximum atomic E-state index is 11.7. The molecule has 0 saturated heterocycles. The van der Waals surface area contributed by atoms with E-state index >= 15 is 0 Å². The smallest absolute Gasteiger partial charge is 0.303 e. The molecule has 14 heteroatoms. The first-order valence-electron chi connectivity index (χ1n) is 9.69. The van der Waals surface area contributed by atoms with Gasteiger partial charge in [-0.1, -0.05) is 0 Å². The van der Waals surface area contributed by atoms with E-state index in [1.807, 2.05) is 11.8 Å². The molecule has 0 aliphatic heterocycles. The van der Waals surface area contributed by atoms with Gasteiger partial charge in [-0.3, -0.25) is 25.0 Å².